The van der Waals surface area contributed by atoms with Gasteiger partial charge in [-0.15, -0.1) is 0 Å². The van der Waals surface area contributed by atoms with Crippen LogP contribution in [-0.4, -0.2) is 12.6 Å². The molecule has 0 amide bonds. The molecule has 0 spiro atoms. The molecule has 2 rings (SSSR count). The Bertz CT molecular complexity index is 299. The monoisotopic (exact) mass is 235 g/mol. The second kappa shape index (κ2) is 6.25. The summed E-state index contributed by atoms with van der Waals surface area (Å²) in [5.41, 5.74) is 1.33. The molecule has 1 aliphatic rings. The predicted octanol–water partition coefficient (Wildman–Crippen LogP) is 3.63. The molecule has 1 unspecified atom stereocenters. The fourth-order valence-electron chi connectivity index (χ4n) is 3.02. The summed E-state index contributed by atoms with van der Waals surface area (Å²) in [4.78, 5) is 0. The highest BCUT2D eigenvalue weighted by atomic mass is 16.3. The van der Waals surface area contributed by atoms with Crippen molar-refractivity contribution in [1.82, 2.24) is 5.32 Å². The fraction of sp³-hybridized carbons (Fsp3) is 0.733. The van der Waals surface area contributed by atoms with Crippen molar-refractivity contribution >= 4 is 0 Å². The maximum absolute atomic E-state index is 5.17. The Labute approximate surface area is 105 Å². The van der Waals surface area contributed by atoms with Crippen LogP contribution < -0.4 is 5.32 Å². The molecule has 96 valence electrons. The minimum Gasteiger partial charge on any atom is -0.472 e. The highest BCUT2D eigenvalue weighted by molar-refractivity contribution is 5.08. The predicted molar refractivity (Wildman–Crippen MR) is 71.0 cm³/mol. The Kier molecular flexibility index (Phi) is 4.66. The van der Waals surface area contributed by atoms with Gasteiger partial charge >= 0.3 is 0 Å². The van der Waals surface area contributed by atoms with E-state index in [9.17, 15) is 0 Å². The van der Waals surface area contributed by atoms with E-state index < -0.39 is 0 Å². The molecule has 1 N–H and O–H groups in total. The van der Waals surface area contributed by atoms with Gasteiger partial charge in [0.1, 0.15) is 0 Å². The van der Waals surface area contributed by atoms with Crippen LogP contribution in [0.5, 0.6) is 0 Å². The van der Waals surface area contributed by atoms with Gasteiger partial charge in [-0.2, -0.15) is 0 Å². The summed E-state index contributed by atoms with van der Waals surface area (Å²) in [5.74, 6) is 1.78. The largest absolute Gasteiger partial charge is 0.472 e. The quantitative estimate of drug-likeness (QED) is 0.843. The van der Waals surface area contributed by atoms with Crippen LogP contribution in [0, 0.1) is 11.8 Å². The molecule has 2 nitrogen and oxygen atoms in total. The first-order valence-electron chi connectivity index (χ1n) is 7.04. The lowest BCUT2D eigenvalue weighted by molar-refractivity contribution is 0.230. The molecule has 0 radical (unpaired) electrons. The van der Waals surface area contributed by atoms with Gasteiger partial charge in [-0.3, -0.25) is 0 Å². The highest BCUT2D eigenvalue weighted by Gasteiger charge is 2.25. The van der Waals surface area contributed by atoms with E-state index in [2.05, 4.69) is 25.2 Å². The Morgan fingerprint density at radius 3 is 2.71 bits per heavy atom. The van der Waals surface area contributed by atoms with Crippen LogP contribution in [0.2, 0.25) is 0 Å². The maximum atomic E-state index is 5.17. The summed E-state index contributed by atoms with van der Waals surface area (Å²) in [6.45, 7) is 5.65. The Morgan fingerprint density at radius 2 is 2.12 bits per heavy atom. The summed E-state index contributed by atoms with van der Waals surface area (Å²) in [5, 5.41) is 3.66. The van der Waals surface area contributed by atoms with Gasteiger partial charge in [0.25, 0.3) is 0 Å². The average molecular weight is 235 g/mol. The lowest BCUT2D eigenvalue weighted by atomic mass is 9.78. The van der Waals surface area contributed by atoms with Crippen molar-refractivity contribution in [2.45, 2.75) is 52.0 Å². The molecule has 2 heteroatoms. The molecular weight excluding hydrogens is 210 g/mol. The Morgan fingerprint density at radius 1 is 1.35 bits per heavy atom. The fourth-order valence-corrected chi connectivity index (χ4v) is 3.02. The van der Waals surface area contributed by atoms with Crippen molar-refractivity contribution in [3.63, 3.8) is 0 Å². The summed E-state index contributed by atoms with van der Waals surface area (Å²) < 4.78 is 5.17. The SMILES string of the molecule is CCNC(Cc1ccoc1)C1CCC(C)CC1. The zero-order chi connectivity index (χ0) is 12.1. The van der Waals surface area contributed by atoms with E-state index in [1.807, 2.05) is 6.26 Å². The van der Waals surface area contributed by atoms with Crippen LogP contribution >= 0.6 is 0 Å². The van der Waals surface area contributed by atoms with Gasteiger partial charge in [0.2, 0.25) is 0 Å². The summed E-state index contributed by atoms with van der Waals surface area (Å²) in [6.07, 6.45) is 10.4. The molecule has 1 aromatic heterocycles. The molecular formula is C15H25NO. The van der Waals surface area contributed by atoms with Gasteiger partial charge < -0.3 is 9.73 Å². The first-order valence-corrected chi connectivity index (χ1v) is 7.04. The molecule has 1 atom stereocenters. The molecule has 17 heavy (non-hydrogen) atoms. The van der Waals surface area contributed by atoms with E-state index >= 15 is 0 Å². The van der Waals surface area contributed by atoms with Crippen LogP contribution in [0.3, 0.4) is 0 Å². The molecule has 0 saturated heterocycles. The zero-order valence-electron chi connectivity index (χ0n) is 11.1. The summed E-state index contributed by atoms with van der Waals surface area (Å²) >= 11 is 0. The van der Waals surface area contributed by atoms with E-state index in [1.54, 1.807) is 6.26 Å². The average Bonchev–Trinajstić information content (AvgIpc) is 2.82. The number of likely N-dealkylation sites (N-methyl/N-ethyl adjacent to an activating group) is 1. The van der Waals surface area contributed by atoms with Crippen LogP contribution in [0.1, 0.15) is 45.1 Å². The number of nitrogens with one attached hydrogen (secondary N) is 1. The van der Waals surface area contributed by atoms with Gasteiger partial charge in [0, 0.05) is 6.04 Å². The minimum absolute atomic E-state index is 0.630. The molecule has 1 heterocycles. The summed E-state index contributed by atoms with van der Waals surface area (Å²) in [7, 11) is 0. The van der Waals surface area contributed by atoms with Crippen LogP contribution in [0.4, 0.5) is 0 Å². The van der Waals surface area contributed by atoms with Crippen molar-refractivity contribution in [3.05, 3.63) is 24.2 Å². The van der Waals surface area contributed by atoms with Crippen molar-refractivity contribution in [3.8, 4) is 0 Å². The van der Waals surface area contributed by atoms with Crippen molar-refractivity contribution in [2.24, 2.45) is 11.8 Å². The summed E-state index contributed by atoms with van der Waals surface area (Å²) in [6, 6.07) is 2.72. The Hall–Kier alpha value is -0.760. The number of hydrogen-bond donors (Lipinski definition) is 1. The normalized spacial score (nSPS) is 26.9. The van der Waals surface area contributed by atoms with E-state index in [0.29, 0.717) is 6.04 Å². The van der Waals surface area contributed by atoms with Crippen molar-refractivity contribution in [2.75, 3.05) is 6.54 Å². The van der Waals surface area contributed by atoms with E-state index in [-0.39, 0.29) is 0 Å². The van der Waals surface area contributed by atoms with Gasteiger partial charge in [-0.25, -0.2) is 0 Å². The topological polar surface area (TPSA) is 25.2 Å². The third-order valence-electron chi connectivity index (χ3n) is 4.13. The molecule has 1 fully saturated rings. The number of furan rings is 1. The van der Waals surface area contributed by atoms with Gasteiger partial charge in [0.05, 0.1) is 12.5 Å². The van der Waals surface area contributed by atoms with E-state index in [0.717, 1.165) is 24.8 Å². The molecule has 0 aromatic carbocycles. The molecule has 0 bridgehead atoms. The van der Waals surface area contributed by atoms with Gasteiger partial charge in [-0.05, 0) is 49.3 Å². The first kappa shape index (κ1) is 12.7. The van der Waals surface area contributed by atoms with Crippen molar-refractivity contribution < 1.29 is 4.42 Å². The zero-order valence-corrected chi connectivity index (χ0v) is 11.1. The van der Waals surface area contributed by atoms with E-state index in [1.165, 1.54) is 31.2 Å². The third kappa shape index (κ3) is 3.60. The third-order valence-corrected chi connectivity index (χ3v) is 4.13. The lowest BCUT2D eigenvalue weighted by Crippen LogP contribution is -2.39. The first-order chi connectivity index (χ1) is 8.29. The van der Waals surface area contributed by atoms with Crippen LogP contribution in [-0.2, 0) is 6.42 Å². The molecule has 1 saturated carbocycles. The Balaban J connectivity index is 1.92. The smallest absolute Gasteiger partial charge is 0.0935 e. The second-order valence-corrected chi connectivity index (χ2v) is 5.52. The van der Waals surface area contributed by atoms with Gasteiger partial charge in [0.15, 0.2) is 0 Å². The molecule has 1 aromatic rings. The molecule has 1 aliphatic carbocycles. The number of rotatable bonds is 5. The molecule has 0 aliphatic heterocycles. The van der Waals surface area contributed by atoms with Crippen LogP contribution in [0.25, 0.3) is 0 Å². The van der Waals surface area contributed by atoms with Gasteiger partial charge in [-0.1, -0.05) is 26.7 Å². The standard InChI is InChI=1S/C15H25NO/c1-3-16-15(10-13-8-9-17-11-13)14-6-4-12(2)5-7-14/h8-9,11-12,14-16H,3-7,10H2,1-2H3. The highest BCUT2D eigenvalue weighted by Crippen LogP contribution is 2.31. The second-order valence-electron chi connectivity index (χ2n) is 5.52. The van der Waals surface area contributed by atoms with E-state index in [4.69, 9.17) is 4.42 Å². The van der Waals surface area contributed by atoms with Crippen LogP contribution in [0.15, 0.2) is 23.0 Å². The number of hydrogen-bond acceptors (Lipinski definition) is 2. The maximum Gasteiger partial charge on any atom is 0.0935 e. The van der Waals surface area contributed by atoms with Crippen molar-refractivity contribution in [1.29, 1.82) is 0 Å². The lowest BCUT2D eigenvalue weighted by Gasteiger charge is -2.33. The minimum atomic E-state index is 0.630.